The van der Waals surface area contributed by atoms with Gasteiger partial charge in [0, 0.05) is 10.9 Å². The van der Waals surface area contributed by atoms with Gasteiger partial charge in [0.05, 0.1) is 5.56 Å². The van der Waals surface area contributed by atoms with Crippen LogP contribution >= 0.6 is 23.2 Å². The van der Waals surface area contributed by atoms with Gasteiger partial charge in [0.25, 0.3) is 0 Å². The van der Waals surface area contributed by atoms with Crippen molar-refractivity contribution in [1.29, 1.82) is 0 Å². The molecule has 0 amide bonds. The number of carbonyl (C=O) groups is 1. The van der Waals surface area contributed by atoms with Gasteiger partial charge >= 0.3 is 0 Å². The SMILES string of the molecule is O=Cc1cc(Cl)ccc1OCC=CCCl. The van der Waals surface area contributed by atoms with Crippen molar-refractivity contribution in [2.45, 2.75) is 0 Å². The third kappa shape index (κ3) is 3.94. The Labute approximate surface area is 98.4 Å². The molecule has 0 aromatic heterocycles. The Morgan fingerprint density at radius 3 is 2.80 bits per heavy atom. The maximum absolute atomic E-state index is 10.7. The van der Waals surface area contributed by atoms with Crippen LogP contribution in [0.3, 0.4) is 0 Å². The molecule has 0 unspecified atom stereocenters. The molecule has 0 saturated carbocycles. The number of benzene rings is 1. The lowest BCUT2D eigenvalue weighted by atomic mass is 10.2. The van der Waals surface area contributed by atoms with Crippen molar-refractivity contribution in [3.8, 4) is 5.75 Å². The average Bonchev–Trinajstić information content (AvgIpc) is 2.26. The summed E-state index contributed by atoms with van der Waals surface area (Å²) in [6.45, 7) is 0.384. The molecule has 0 bridgehead atoms. The first kappa shape index (κ1) is 12.1. The van der Waals surface area contributed by atoms with E-state index in [2.05, 4.69) is 0 Å². The van der Waals surface area contributed by atoms with Crippen LogP contribution in [0.1, 0.15) is 10.4 Å². The van der Waals surface area contributed by atoms with E-state index in [0.717, 1.165) is 0 Å². The van der Waals surface area contributed by atoms with Crippen molar-refractivity contribution in [1.82, 2.24) is 0 Å². The van der Waals surface area contributed by atoms with Gasteiger partial charge in [0.15, 0.2) is 6.29 Å². The Morgan fingerprint density at radius 1 is 1.33 bits per heavy atom. The van der Waals surface area contributed by atoms with Crippen molar-refractivity contribution < 1.29 is 9.53 Å². The van der Waals surface area contributed by atoms with Gasteiger partial charge in [0.2, 0.25) is 0 Å². The fourth-order valence-electron chi connectivity index (χ4n) is 1.01. The Hall–Kier alpha value is -0.990. The molecule has 0 aliphatic heterocycles. The molecule has 1 aromatic rings. The van der Waals surface area contributed by atoms with Gasteiger partial charge in [0.1, 0.15) is 12.4 Å². The second-order valence-corrected chi connectivity index (χ2v) is 3.48. The van der Waals surface area contributed by atoms with Crippen molar-refractivity contribution >= 4 is 29.5 Å². The highest BCUT2D eigenvalue weighted by molar-refractivity contribution is 6.30. The molecule has 0 aliphatic carbocycles. The molecule has 1 rings (SSSR count). The van der Waals surface area contributed by atoms with E-state index < -0.39 is 0 Å². The maximum Gasteiger partial charge on any atom is 0.153 e. The molecule has 0 aliphatic rings. The third-order valence-electron chi connectivity index (χ3n) is 1.69. The summed E-state index contributed by atoms with van der Waals surface area (Å²) in [4.78, 5) is 10.7. The fraction of sp³-hybridized carbons (Fsp3) is 0.182. The van der Waals surface area contributed by atoms with Crippen molar-refractivity contribution in [2.75, 3.05) is 12.5 Å². The Balaban J connectivity index is 2.67. The van der Waals surface area contributed by atoms with E-state index in [9.17, 15) is 4.79 Å². The van der Waals surface area contributed by atoms with E-state index in [1.165, 1.54) is 0 Å². The summed E-state index contributed by atoms with van der Waals surface area (Å²) in [5.74, 6) is 0.971. The molecule has 80 valence electrons. The van der Waals surface area contributed by atoms with Crippen LogP contribution in [0.5, 0.6) is 5.75 Å². The van der Waals surface area contributed by atoms with Crippen LogP contribution in [-0.4, -0.2) is 18.8 Å². The van der Waals surface area contributed by atoms with Crippen LogP contribution in [0, 0.1) is 0 Å². The molecule has 4 heteroatoms. The van der Waals surface area contributed by atoms with Gasteiger partial charge < -0.3 is 4.74 Å². The molecule has 15 heavy (non-hydrogen) atoms. The van der Waals surface area contributed by atoms with Gasteiger partial charge in [-0.15, -0.1) is 11.6 Å². The second-order valence-electron chi connectivity index (χ2n) is 2.74. The fourth-order valence-corrected chi connectivity index (χ4v) is 1.32. The van der Waals surface area contributed by atoms with Gasteiger partial charge in [-0.05, 0) is 18.2 Å². The summed E-state index contributed by atoms with van der Waals surface area (Å²) in [7, 11) is 0. The van der Waals surface area contributed by atoms with E-state index in [0.29, 0.717) is 35.1 Å². The van der Waals surface area contributed by atoms with Gasteiger partial charge in [-0.25, -0.2) is 0 Å². The molecular formula is C11H10Cl2O2. The van der Waals surface area contributed by atoms with Gasteiger partial charge in [-0.1, -0.05) is 23.8 Å². The number of carbonyl (C=O) groups excluding carboxylic acids is 1. The lowest BCUT2D eigenvalue weighted by molar-refractivity contribution is 0.112. The van der Waals surface area contributed by atoms with Crippen LogP contribution in [0.25, 0.3) is 0 Å². The lowest BCUT2D eigenvalue weighted by Gasteiger charge is -2.05. The number of halogens is 2. The molecule has 2 nitrogen and oxygen atoms in total. The van der Waals surface area contributed by atoms with E-state index in [-0.39, 0.29) is 0 Å². The predicted molar refractivity (Wildman–Crippen MR) is 62.2 cm³/mol. The normalized spacial score (nSPS) is 10.5. The number of aldehydes is 1. The molecule has 1 aromatic carbocycles. The molecule has 0 saturated heterocycles. The molecule has 0 heterocycles. The number of ether oxygens (including phenoxy) is 1. The summed E-state index contributed by atoms with van der Waals surface area (Å²) in [6, 6.07) is 4.91. The van der Waals surface area contributed by atoms with Crippen molar-refractivity contribution in [2.24, 2.45) is 0 Å². The van der Waals surface area contributed by atoms with Gasteiger partial charge in [-0.2, -0.15) is 0 Å². The smallest absolute Gasteiger partial charge is 0.153 e. The minimum Gasteiger partial charge on any atom is -0.489 e. The average molecular weight is 245 g/mol. The number of alkyl halides is 1. The van der Waals surface area contributed by atoms with Crippen LogP contribution in [-0.2, 0) is 0 Å². The Kier molecular flexibility index (Phi) is 5.22. The van der Waals surface area contributed by atoms with Crippen molar-refractivity contribution in [3.63, 3.8) is 0 Å². The van der Waals surface area contributed by atoms with Crippen LogP contribution in [0.2, 0.25) is 5.02 Å². The molecule has 0 N–H and O–H groups in total. The number of hydrogen-bond acceptors (Lipinski definition) is 2. The van der Waals surface area contributed by atoms with E-state index in [1.807, 2.05) is 0 Å². The second kappa shape index (κ2) is 6.49. The standard InChI is InChI=1S/C11H10Cl2O2/c12-5-1-2-6-15-11-4-3-10(13)7-9(11)8-14/h1-4,7-8H,5-6H2. The minimum absolute atomic E-state index is 0.384. The van der Waals surface area contributed by atoms with Gasteiger partial charge in [-0.3, -0.25) is 4.79 Å². The van der Waals surface area contributed by atoms with Crippen LogP contribution in [0.15, 0.2) is 30.4 Å². The largest absolute Gasteiger partial charge is 0.489 e. The van der Waals surface area contributed by atoms with Crippen molar-refractivity contribution in [3.05, 3.63) is 40.9 Å². The van der Waals surface area contributed by atoms with Crippen LogP contribution < -0.4 is 4.74 Å². The monoisotopic (exact) mass is 244 g/mol. The Bertz CT molecular complexity index is 362. The zero-order chi connectivity index (χ0) is 11.1. The predicted octanol–water partition coefficient (Wildman–Crippen LogP) is 3.33. The maximum atomic E-state index is 10.7. The highest BCUT2D eigenvalue weighted by atomic mass is 35.5. The first-order chi connectivity index (χ1) is 7.27. The summed E-state index contributed by atoms with van der Waals surface area (Å²) in [5.41, 5.74) is 0.446. The topological polar surface area (TPSA) is 26.3 Å². The van der Waals surface area contributed by atoms with E-state index >= 15 is 0 Å². The molecule has 0 atom stereocenters. The third-order valence-corrected chi connectivity index (χ3v) is 2.10. The number of hydrogen-bond donors (Lipinski definition) is 0. The molecular weight excluding hydrogens is 235 g/mol. The molecule has 0 spiro atoms. The first-order valence-corrected chi connectivity index (χ1v) is 5.27. The first-order valence-electron chi connectivity index (χ1n) is 4.36. The van der Waals surface area contributed by atoms with Crippen LogP contribution in [0.4, 0.5) is 0 Å². The summed E-state index contributed by atoms with van der Waals surface area (Å²) < 4.78 is 5.35. The van der Waals surface area contributed by atoms with E-state index in [4.69, 9.17) is 27.9 Å². The number of rotatable bonds is 5. The highest BCUT2D eigenvalue weighted by Crippen LogP contribution is 2.21. The Morgan fingerprint density at radius 2 is 2.13 bits per heavy atom. The lowest BCUT2D eigenvalue weighted by Crippen LogP contribution is -1.97. The molecule has 0 radical (unpaired) electrons. The molecule has 0 fully saturated rings. The highest BCUT2D eigenvalue weighted by Gasteiger charge is 2.02. The zero-order valence-electron chi connectivity index (χ0n) is 7.95. The number of allylic oxidation sites excluding steroid dienone is 1. The summed E-state index contributed by atoms with van der Waals surface area (Å²) in [5, 5.41) is 0.515. The quantitative estimate of drug-likeness (QED) is 0.452. The minimum atomic E-state index is 0.384. The zero-order valence-corrected chi connectivity index (χ0v) is 9.46. The van der Waals surface area contributed by atoms with E-state index in [1.54, 1.807) is 30.4 Å². The summed E-state index contributed by atoms with van der Waals surface area (Å²) >= 11 is 11.2. The summed E-state index contributed by atoms with van der Waals surface area (Å²) in [6.07, 6.45) is 4.28.